The normalized spacial score (nSPS) is 21.2. The third kappa shape index (κ3) is 4.03. The fourth-order valence-corrected chi connectivity index (χ4v) is 2.60. The zero-order valence-electron chi connectivity index (χ0n) is 11.0. The smallest absolute Gasteiger partial charge is 0.227 e. The minimum atomic E-state index is -0.0554. The number of carbonyl (C=O) groups is 1. The quantitative estimate of drug-likeness (QED) is 0.917. The summed E-state index contributed by atoms with van der Waals surface area (Å²) < 4.78 is 6.56. The highest BCUT2D eigenvalue weighted by atomic mass is 79.9. The van der Waals surface area contributed by atoms with Crippen molar-refractivity contribution in [1.29, 1.82) is 0 Å². The molecule has 1 aromatic carbocycles. The van der Waals surface area contributed by atoms with Crippen LogP contribution < -0.4 is 5.73 Å². The lowest BCUT2D eigenvalue weighted by Crippen LogP contribution is -2.51. The van der Waals surface area contributed by atoms with Crippen LogP contribution in [-0.4, -0.2) is 42.6 Å². The van der Waals surface area contributed by atoms with E-state index in [1.54, 1.807) is 0 Å². The standard InChI is InChI=1S/C14H19BrN2O2/c1-10(16)13-9-17(5-6-19-13)14(18)8-11-3-2-4-12(15)7-11/h2-4,7,10,13H,5-6,8-9,16H2,1H3/t10-,13-/m0/s1. The van der Waals surface area contributed by atoms with E-state index in [4.69, 9.17) is 10.5 Å². The minimum absolute atomic E-state index is 0.0542. The second-order valence-corrected chi connectivity index (χ2v) is 5.83. The predicted octanol–water partition coefficient (Wildman–Crippen LogP) is 1.57. The maximum atomic E-state index is 12.3. The van der Waals surface area contributed by atoms with Crippen LogP contribution in [0.15, 0.2) is 28.7 Å². The van der Waals surface area contributed by atoms with E-state index in [1.165, 1.54) is 0 Å². The summed E-state index contributed by atoms with van der Waals surface area (Å²) in [5.74, 6) is 0.132. The predicted molar refractivity (Wildman–Crippen MR) is 77.8 cm³/mol. The van der Waals surface area contributed by atoms with E-state index in [1.807, 2.05) is 36.1 Å². The molecule has 1 amide bonds. The SMILES string of the molecule is C[C@H](N)[C@@H]1CN(C(=O)Cc2cccc(Br)c2)CCO1. The Labute approximate surface area is 122 Å². The Kier molecular flexibility index (Phi) is 4.96. The topological polar surface area (TPSA) is 55.6 Å². The van der Waals surface area contributed by atoms with Crippen molar-refractivity contribution >= 4 is 21.8 Å². The van der Waals surface area contributed by atoms with Gasteiger partial charge in [0.1, 0.15) is 0 Å². The first-order chi connectivity index (χ1) is 9.06. The molecule has 0 unspecified atom stereocenters. The molecule has 1 aliphatic rings. The fraction of sp³-hybridized carbons (Fsp3) is 0.500. The zero-order chi connectivity index (χ0) is 13.8. The molecule has 1 aliphatic heterocycles. The molecule has 1 saturated heterocycles. The number of halogens is 1. The van der Waals surface area contributed by atoms with Crippen molar-refractivity contribution in [2.24, 2.45) is 5.73 Å². The van der Waals surface area contributed by atoms with Crippen molar-refractivity contribution in [2.45, 2.75) is 25.5 Å². The molecule has 2 rings (SSSR count). The van der Waals surface area contributed by atoms with Gasteiger partial charge in [0.2, 0.25) is 5.91 Å². The first-order valence-electron chi connectivity index (χ1n) is 6.45. The van der Waals surface area contributed by atoms with Crippen molar-refractivity contribution < 1.29 is 9.53 Å². The van der Waals surface area contributed by atoms with Crippen LogP contribution in [0.2, 0.25) is 0 Å². The van der Waals surface area contributed by atoms with Gasteiger partial charge in [0.25, 0.3) is 0 Å². The number of nitrogens with two attached hydrogens (primary N) is 1. The average Bonchev–Trinajstić information content (AvgIpc) is 2.39. The van der Waals surface area contributed by atoms with E-state index in [0.29, 0.717) is 26.1 Å². The molecule has 0 radical (unpaired) electrons. The molecule has 1 aromatic rings. The number of morpholine rings is 1. The third-order valence-electron chi connectivity index (χ3n) is 3.28. The molecule has 19 heavy (non-hydrogen) atoms. The molecule has 0 saturated carbocycles. The first-order valence-corrected chi connectivity index (χ1v) is 7.25. The molecule has 2 N–H and O–H groups in total. The molecule has 0 spiro atoms. The summed E-state index contributed by atoms with van der Waals surface area (Å²) in [6.07, 6.45) is 0.366. The van der Waals surface area contributed by atoms with Crippen LogP contribution in [-0.2, 0) is 16.0 Å². The van der Waals surface area contributed by atoms with Crippen molar-refractivity contribution in [2.75, 3.05) is 19.7 Å². The number of carbonyl (C=O) groups excluding carboxylic acids is 1. The van der Waals surface area contributed by atoms with Gasteiger partial charge in [-0.1, -0.05) is 28.1 Å². The van der Waals surface area contributed by atoms with E-state index in [9.17, 15) is 4.79 Å². The van der Waals surface area contributed by atoms with Crippen molar-refractivity contribution in [1.82, 2.24) is 4.90 Å². The number of hydrogen-bond donors (Lipinski definition) is 1. The van der Waals surface area contributed by atoms with Gasteiger partial charge in [0.05, 0.1) is 19.1 Å². The summed E-state index contributed by atoms with van der Waals surface area (Å²) in [7, 11) is 0. The Morgan fingerprint density at radius 2 is 2.42 bits per heavy atom. The summed E-state index contributed by atoms with van der Waals surface area (Å²) in [5, 5.41) is 0. The molecular weight excluding hydrogens is 308 g/mol. The summed E-state index contributed by atoms with van der Waals surface area (Å²) in [6, 6.07) is 7.78. The average molecular weight is 327 g/mol. The summed E-state index contributed by atoms with van der Waals surface area (Å²) >= 11 is 3.42. The Morgan fingerprint density at radius 1 is 1.63 bits per heavy atom. The number of ether oxygens (including phenoxy) is 1. The number of benzene rings is 1. The van der Waals surface area contributed by atoms with Crippen molar-refractivity contribution in [3.8, 4) is 0 Å². The van der Waals surface area contributed by atoms with Crippen molar-refractivity contribution in [3.63, 3.8) is 0 Å². The largest absolute Gasteiger partial charge is 0.373 e. The van der Waals surface area contributed by atoms with Gasteiger partial charge < -0.3 is 15.4 Å². The number of nitrogens with zero attached hydrogens (tertiary/aromatic N) is 1. The maximum absolute atomic E-state index is 12.3. The first kappa shape index (κ1) is 14.5. The molecule has 0 bridgehead atoms. The molecule has 2 atom stereocenters. The van der Waals surface area contributed by atoms with Crippen LogP contribution >= 0.6 is 15.9 Å². The molecule has 0 aromatic heterocycles. The minimum Gasteiger partial charge on any atom is -0.373 e. The highest BCUT2D eigenvalue weighted by Crippen LogP contribution is 2.14. The summed E-state index contributed by atoms with van der Waals surface area (Å²) in [4.78, 5) is 14.1. The van der Waals surface area contributed by atoms with Crippen LogP contribution in [0.25, 0.3) is 0 Å². The Balaban J connectivity index is 1.96. The van der Waals surface area contributed by atoms with Gasteiger partial charge >= 0.3 is 0 Å². The van der Waals surface area contributed by atoms with Gasteiger partial charge in [0, 0.05) is 23.6 Å². The van der Waals surface area contributed by atoms with Gasteiger partial charge in [-0.3, -0.25) is 4.79 Å². The Bertz CT molecular complexity index is 451. The number of amides is 1. The lowest BCUT2D eigenvalue weighted by Gasteiger charge is -2.34. The maximum Gasteiger partial charge on any atom is 0.227 e. The fourth-order valence-electron chi connectivity index (χ4n) is 2.15. The molecule has 1 heterocycles. The van der Waals surface area contributed by atoms with Crippen LogP contribution in [0.5, 0.6) is 0 Å². The van der Waals surface area contributed by atoms with Crippen LogP contribution in [0, 0.1) is 0 Å². The third-order valence-corrected chi connectivity index (χ3v) is 3.77. The molecule has 104 valence electrons. The van der Waals surface area contributed by atoms with Crippen LogP contribution in [0.3, 0.4) is 0 Å². The highest BCUT2D eigenvalue weighted by Gasteiger charge is 2.26. The van der Waals surface area contributed by atoms with Gasteiger partial charge in [-0.15, -0.1) is 0 Å². The lowest BCUT2D eigenvalue weighted by molar-refractivity contribution is -0.138. The molecule has 4 nitrogen and oxygen atoms in total. The Hall–Kier alpha value is -0.910. The highest BCUT2D eigenvalue weighted by molar-refractivity contribution is 9.10. The summed E-state index contributed by atoms with van der Waals surface area (Å²) in [5.41, 5.74) is 6.85. The molecule has 5 heteroatoms. The zero-order valence-corrected chi connectivity index (χ0v) is 12.6. The second-order valence-electron chi connectivity index (χ2n) is 4.91. The molecule has 1 fully saturated rings. The monoisotopic (exact) mass is 326 g/mol. The van der Waals surface area contributed by atoms with E-state index in [0.717, 1.165) is 10.0 Å². The summed E-state index contributed by atoms with van der Waals surface area (Å²) in [6.45, 7) is 3.71. The number of rotatable bonds is 3. The van der Waals surface area contributed by atoms with Crippen LogP contribution in [0.4, 0.5) is 0 Å². The van der Waals surface area contributed by atoms with Crippen LogP contribution in [0.1, 0.15) is 12.5 Å². The van der Waals surface area contributed by atoms with E-state index in [-0.39, 0.29) is 18.1 Å². The van der Waals surface area contributed by atoms with Gasteiger partial charge in [-0.25, -0.2) is 0 Å². The lowest BCUT2D eigenvalue weighted by atomic mass is 10.1. The molecule has 0 aliphatic carbocycles. The molecular formula is C14H19BrN2O2. The van der Waals surface area contributed by atoms with E-state index >= 15 is 0 Å². The van der Waals surface area contributed by atoms with Gasteiger partial charge in [0.15, 0.2) is 0 Å². The van der Waals surface area contributed by atoms with Crippen molar-refractivity contribution in [3.05, 3.63) is 34.3 Å². The number of hydrogen-bond acceptors (Lipinski definition) is 3. The van der Waals surface area contributed by atoms with E-state index in [2.05, 4.69) is 15.9 Å². The van der Waals surface area contributed by atoms with Gasteiger partial charge in [-0.2, -0.15) is 0 Å². The van der Waals surface area contributed by atoms with E-state index < -0.39 is 0 Å². The Morgan fingerprint density at radius 3 is 3.11 bits per heavy atom. The van der Waals surface area contributed by atoms with Gasteiger partial charge in [-0.05, 0) is 24.6 Å². The second kappa shape index (κ2) is 6.50.